The van der Waals surface area contributed by atoms with E-state index in [0.29, 0.717) is 37.8 Å². The molecule has 0 bridgehead atoms. The summed E-state index contributed by atoms with van der Waals surface area (Å²) in [6, 6.07) is 15.6. The Balaban J connectivity index is 1.41. The van der Waals surface area contributed by atoms with Gasteiger partial charge in [-0.3, -0.25) is 4.98 Å². The zero-order valence-electron chi connectivity index (χ0n) is 16.0. The lowest BCUT2D eigenvalue weighted by Crippen LogP contribution is -2.49. The number of sulfonamides is 1. The molecule has 152 valence electrons. The maximum absolute atomic E-state index is 12.9. The minimum atomic E-state index is -3.72. The van der Waals surface area contributed by atoms with E-state index in [-0.39, 0.29) is 10.5 Å². The number of nitrogens with one attached hydrogen (secondary N) is 1. The normalized spacial score (nSPS) is 14.8. The van der Waals surface area contributed by atoms with Crippen LogP contribution in [0.3, 0.4) is 0 Å². The second-order valence-corrected chi connectivity index (χ2v) is 8.55. The van der Waals surface area contributed by atoms with Gasteiger partial charge in [0, 0.05) is 32.4 Å². The van der Waals surface area contributed by atoms with Gasteiger partial charge >= 0.3 is 0 Å². The lowest BCUT2D eigenvalue weighted by Gasteiger charge is -2.34. The molecule has 1 aliphatic heterocycles. The minimum absolute atomic E-state index is 0.0478. The van der Waals surface area contributed by atoms with E-state index >= 15 is 0 Å². The van der Waals surface area contributed by atoms with E-state index in [1.54, 1.807) is 24.5 Å². The Morgan fingerprint density at radius 3 is 2.43 bits per heavy atom. The highest BCUT2D eigenvalue weighted by molar-refractivity contribution is 7.89. The fourth-order valence-corrected chi connectivity index (χ4v) is 4.79. The largest absolute Gasteiger partial charge is 0.352 e. The summed E-state index contributed by atoms with van der Waals surface area (Å²) >= 11 is 0. The summed E-state index contributed by atoms with van der Waals surface area (Å²) in [5, 5.41) is 20.8. The fraction of sp³-hybridized carbons (Fsp3) is 0.200. The smallest absolute Gasteiger partial charge is 0.244 e. The minimum Gasteiger partial charge on any atom is -0.352 e. The Labute approximate surface area is 174 Å². The van der Waals surface area contributed by atoms with Gasteiger partial charge < -0.3 is 10.2 Å². The molecule has 0 spiro atoms. The first-order chi connectivity index (χ1) is 14.6. The lowest BCUT2D eigenvalue weighted by atomic mass is 10.2. The number of benzene rings is 1. The van der Waals surface area contributed by atoms with E-state index in [0.717, 1.165) is 5.69 Å². The van der Waals surface area contributed by atoms with E-state index in [1.807, 2.05) is 35.2 Å². The molecule has 0 amide bonds. The molecule has 30 heavy (non-hydrogen) atoms. The third-order valence-electron chi connectivity index (χ3n) is 4.77. The van der Waals surface area contributed by atoms with Crippen LogP contribution in [-0.2, 0) is 10.0 Å². The molecular weight excluding hydrogens is 402 g/mol. The standard InChI is InChI=1S/C20H19N7O2S/c21-14-16-4-1-2-6-18(16)30(28,29)27-12-10-26(11-13-27)20-8-7-19(24-25-20)23-17-5-3-9-22-15-17/h1-9,15H,10-13H2,(H,23,24). The first kappa shape index (κ1) is 19.8. The number of pyridine rings is 1. The molecule has 0 aliphatic carbocycles. The Bertz CT molecular complexity index is 1150. The average molecular weight is 421 g/mol. The molecule has 1 N–H and O–H groups in total. The Morgan fingerprint density at radius 2 is 1.77 bits per heavy atom. The highest BCUT2D eigenvalue weighted by Crippen LogP contribution is 2.23. The average Bonchev–Trinajstić information content (AvgIpc) is 2.80. The van der Waals surface area contributed by atoms with Gasteiger partial charge in [0.15, 0.2) is 11.6 Å². The summed E-state index contributed by atoms with van der Waals surface area (Å²) in [5.41, 5.74) is 0.971. The van der Waals surface area contributed by atoms with Gasteiger partial charge in [-0.1, -0.05) is 12.1 Å². The highest BCUT2D eigenvalue weighted by atomic mass is 32.2. The Hall–Kier alpha value is -3.55. The number of hydrogen-bond acceptors (Lipinski definition) is 8. The predicted octanol–water partition coefficient (Wildman–Crippen LogP) is 2.00. The van der Waals surface area contributed by atoms with Crippen molar-refractivity contribution in [3.8, 4) is 6.07 Å². The zero-order chi connectivity index (χ0) is 21.0. The Kier molecular flexibility index (Phi) is 5.56. The first-order valence-corrected chi connectivity index (χ1v) is 10.8. The molecular formula is C20H19N7O2S. The molecule has 9 nitrogen and oxygen atoms in total. The van der Waals surface area contributed by atoms with E-state index < -0.39 is 10.0 Å². The number of rotatable bonds is 5. The second-order valence-electron chi connectivity index (χ2n) is 6.64. The van der Waals surface area contributed by atoms with Crippen molar-refractivity contribution in [2.75, 3.05) is 36.4 Å². The fourth-order valence-electron chi connectivity index (χ4n) is 3.23. The van der Waals surface area contributed by atoms with Gasteiger partial charge in [-0.25, -0.2) is 8.42 Å². The monoisotopic (exact) mass is 421 g/mol. The molecule has 4 rings (SSSR count). The summed E-state index contributed by atoms with van der Waals surface area (Å²) in [5.74, 6) is 1.28. The maximum atomic E-state index is 12.9. The van der Waals surface area contributed by atoms with Crippen molar-refractivity contribution < 1.29 is 8.42 Å². The van der Waals surface area contributed by atoms with Crippen molar-refractivity contribution in [1.29, 1.82) is 5.26 Å². The van der Waals surface area contributed by atoms with Gasteiger partial charge in [-0.15, -0.1) is 10.2 Å². The summed E-state index contributed by atoms with van der Waals surface area (Å²) < 4.78 is 27.3. The van der Waals surface area contributed by atoms with Crippen LogP contribution in [0.2, 0.25) is 0 Å². The number of anilines is 3. The third-order valence-corrected chi connectivity index (χ3v) is 6.73. The van der Waals surface area contributed by atoms with Crippen LogP contribution in [0.1, 0.15) is 5.56 Å². The van der Waals surface area contributed by atoms with Gasteiger partial charge in [0.05, 0.1) is 22.3 Å². The highest BCUT2D eigenvalue weighted by Gasteiger charge is 2.30. The quantitative estimate of drug-likeness (QED) is 0.665. The summed E-state index contributed by atoms with van der Waals surface area (Å²) in [4.78, 5) is 6.08. The maximum Gasteiger partial charge on any atom is 0.244 e. The zero-order valence-corrected chi connectivity index (χ0v) is 16.8. The number of piperazine rings is 1. The van der Waals surface area contributed by atoms with Crippen molar-refractivity contribution in [1.82, 2.24) is 19.5 Å². The van der Waals surface area contributed by atoms with Crippen molar-refractivity contribution in [2.45, 2.75) is 4.90 Å². The van der Waals surface area contributed by atoms with Gasteiger partial charge in [-0.05, 0) is 36.4 Å². The van der Waals surface area contributed by atoms with Crippen molar-refractivity contribution >= 4 is 27.3 Å². The molecule has 1 saturated heterocycles. The molecule has 2 aromatic heterocycles. The molecule has 0 radical (unpaired) electrons. The predicted molar refractivity (Wildman–Crippen MR) is 112 cm³/mol. The number of aromatic nitrogens is 3. The molecule has 10 heteroatoms. The molecule has 0 unspecified atom stereocenters. The van der Waals surface area contributed by atoms with E-state index in [1.165, 1.54) is 16.4 Å². The van der Waals surface area contributed by atoms with Crippen LogP contribution >= 0.6 is 0 Å². The van der Waals surface area contributed by atoms with Gasteiger partial charge in [0.1, 0.15) is 6.07 Å². The number of hydrogen-bond donors (Lipinski definition) is 1. The van der Waals surface area contributed by atoms with Crippen LogP contribution in [0.5, 0.6) is 0 Å². The van der Waals surface area contributed by atoms with Crippen LogP contribution < -0.4 is 10.2 Å². The van der Waals surface area contributed by atoms with E-state index in [9.17, 15) is 13.7 Å². The molecule has 0 saturated carbocycles. The van der Waals surface area contributed by atoms with Crippen LogP contribution in [0, 0.1) is 11.3 Å². The third kappa shape index (κ3) is 4.07. The molecule has 1 aromatic carbocycles. The molecule has 0 atom stereocenters. The molecule has 3 heterocycles. The Morgan fingerprint density at radius 1 is 0.967 bits per heavy atom. The topological polar surface area (TPSA) is 115 Å². The van der Waals surface area contributed by atoms with E-state index in [2.05, 4.69) is 20.5 Å². The summed E-state index contributed by atoms with van der Waals surface area (Å²) in [7, 11) is -3.72. The van der Waals surface area contributed by atoms with E-state index in [4.69, 9.17) is 0 Å². The summed E-state index contributed by atoms with van der Waals surface area (Å²) in [6.07, 6.45) is 3.39. The van der Waals surface area contributed by atoms with Crippen LogP contribution in [0.4, 0.5) is 17.3 Å². The number of nitrogens with zero attached hydrogens (tertiary/aromatic N) is 6. The van der Waals surface area contributed by atoms with Gasteiger partial charge in [-0.2, -0.15) is 9.57 Å². The van der Waals surface area contributed by atoms with Crippen LogP contribution in [0.15, 0.2) is 65.8 Å². The van der Waals surface area contributed by atoms with Crippen molar-refractivity contribution in [3.05, 3.63) is 66.5 Å². The van der Waals surface area contributed by atoms with Gasteiger partial charge in [0.25, 0.3) is 0 Å². The molecule has 1 aliphatic rings. The summed E-state index contributed by atoms with van der Waals surface area (Å²) in [6.45, 7) is 1.58. The SMILES string of the molecule is N#Cc1ccccc1S(=O)(=O)N1CCN(c2ccc(Nc3cccnc3)nn2)CC1. The van der Waals surface area contributed by atoms with Crippen LogP contribution in [-0.4, -0.2) is 54.1 Å². The van der Waals surface area contributed by atoms with Gasteiger partial charge in [0.2, 0.25) is 10.0 Å². The second kappa shape index (κ2) is 8.44. The van der Waals surface area contributed by atoms with Crippen molar-refractivity contribution in [2.24, 2.45) is 0 Å². The number of nitriles is 1. The molecule has 3 aromatic rings. The first-order valence-electron chi connectivity index (χ1n) is 9.33. The lowest BCUT2D eigenvalue weighted by molar-refractivity contribution is 0.383. The van der Waals surface area contributed by atoms with Crippen molar-refractivity contribution in [3.63, 3.8) is 0 Å². The molecule has 1 fully saturated rings. The van der Waals surface area contributed by atoms with Crippen LogP contribution in [0.25, 0.3) is 0 Å².